The van der Waals surface area contributed by atoms with Crippen molar-refractivity contribution in [3.63, 3.8) is 0 Å². The largest absolute Gasteiger partial charge is 0.459 e. The number of carbonyl (C=O) groups is 1. The molecule has 4 rings (SSSR count). The monoisotopic (exact) mass is 592 g/mol. The highest BCUT2D eigenvalue weighted by molar-refractivity contribution is 7.92. The highest BCUT2D eigenvalue weighted by atomic mass is 35.5. The zero-order chi connectivity index (χ0) is 28.9. The Morgan fingerprint density at radius 3 is 2.26 bits per heavy atom. The van der Waals surface area contributed by atoms with Gasteiger partial charge in [0.05, 0.1) is 16.1 Å². The molecule has 39 heavy (non-hydrogen) atoms. The molecule has 2 aromatic heterocycles. The Morgan fingerprint density at radius 2 is 1.64 bits per heavy atom. The average molecular weight is 593 g/mol. The van der Waals surface area contributed by atoms with E-state index in [1.807, 2.05) is 0 Å². The van der Waals surface area contributed by atoms with Crippen molar-refractivity contribution in [3.05, 3.63) is 85.7 Å². The van der Waals surface area contributed by atoms with Crippen molar-refractivity contribution < 1.29 is 17.9 Å². The minimum absolute atomic E-state index is 0.115. The summed E-state index contributed by atoms with van der Waals surface area (Å²) >= 11 is 12.1. The Balaban J connectivity index is 1.85. The van der Waals surface area contributed by atoms with Crippen molar-refractivity contribution in [2.45, 2.75) is 31.3 Å². The van der Waals surface area contributed by atoms with Crippen LogP contribution >= 0.6 is 23.2 Å². The van der Waals surface area contributed by atoms with Crippen LogP contribution in [0.25, 0.3) is 16.6 Å². The van der Waals surface area contributed by atoms with Gasteiger partial charge in [0.15, 0.2) is 0 Å². The van der Waals surface area contributed by atoms with Crippen LogP contribution < -0.4 is 15.6 Å². The second-order valence-electron chi connectivity index (χ2n) is 9.90. The topological polar surface area (TPSA) is 113 Å². The van der Waals surface area contributed by atoms with Crippen molar-refractivity contribution in [2.24, 2.45) is 14.1 Å². The first kappa shape index (κ1) is 28.5. The summed E-state index contributed by atoms with van der Waals surface area (Å²) in [7, 11) is -1.39. The smallest absolute Gasteiger partial charge is 0.330 e. The fraction of sp³-hybridized carbons (Fsp3) is 0.269. The maximum absolute atomic E-state index is 13.8. The van der Waals surface area contributed by atoms with Gasteiger partial charge >= 0.3 is 11.7 Å². The molecule has 0 atom stereocenters. The molecule has 0 aliphatic carbocycles. The summed E-state index contributed by atoms with van der Waals surface area (Å²) in [6.45, 7) is 4.42. The molecule has 0 saturated heterocycles. The molecule has 206 valence electrons. The van der Waals surface area contributed by atoms with Gasteiger partial charge in [-0.3, -0.25) is 18.5 Å². The summed E-state index contributed by atoms with van der Waals surface area (Å²) < 4.78 is 37.8. The van der Waals surface area contributed by atoms with Crippen molar-refractivity contribution in [1.82, 2.24) is 13.7 Å². The van der Waals surface area contributed by atoms with E-state index in [1.165, 1.54) is 49.1 Å². The molecular formula is C26H26Cl2N4O6S. The van der Waals surface area contributed by atoms with Crippen LogP contribution in [-0.4, -0.2) is 40.2 Å². The van der Waals surface area contributed by atoms with Crippen LogP contribution in [0.3, 0.4) is 0 Å². The number of fused-ring (bicyclic) bond motifs is 1. The number of nitrogens with zero attached hydrogens (tertiary/aromatic N) is 4. The third kappa shape index (κ3) is 5.75. The molecular weight excluding hydrogens is 567 g/mol. The van der Waals surface area contributed by atoms with Gasteiger partial charge in [-0.25, -0.2) is 13.2 Å². The Hall–Kier alpha value is -3.54. The van der Waals surface area contributed by atoms with Gasteiger partial charge in [0.25, 0.3) is 15.6 Å². The number of halogens is 2. The first-order chi connectivity index (χ1) is 18.1. The van der Waals surface area contributed by atoms with Crippen LogP contribution in [0.5, 0.6) is 0 Å². The lowest BCUT2D eigenvalue weighted by Gasteiger charge is -2.26. The maximum atomic E-state index is 13.8. The molecule has 0 saturated carbocycles. The third-order valence-corrected chi connectivity index (χ3v) is 7.95. The molecule has 0 fully saturated rings. The zero-order valence-corrected chi connectivity index (χ0v) is 24.1. The van der Waals surface area contributed by atoms with Crippen LogP contribution in [0.15, 0.2) is 69.3 Å². The Morgan fingerprint density at radius 1 is 1.00 bits per heavy atom. The van der Waals surface area contributed by atoms with E-state index in [9.17, 15) is 22.8 Å². The van der Waals surface area contributed by atoms with Gasteiger partial charge in [0.1, 0.15) is 17.8 Å². The maximum Gasteiger partial charge on any atom is 0.330 e. The molecule has 0 unspecified atom stereocenters. The number of benzene rings is 2. The predicted molar refractivity (Wildman–Crippen MR) is 151 cm³/mol. The Kier molecular flexibility index (Phi) is 7.46. The number of rotatable bonds is 6. The first-order valence-electron chi connectivity index (χ1n) is 11.7. The summed E-state index contributed by atoms with van der Waals surface area (Å²) in [6.07, 6.45) is 3.07. The molecule has 13 heteroatoms. The molecule has 0 bridgehead atoms. The molecule has 0 N–H and O–H groups in total. The van der Waals surface area contributed by atoms with E-state index in [1.54, 1.807) is 49.7 Å². The lowest BCUT2D eigenvalue weighted by Crippen LogP contribution is -2.39. The molecule has 2 heterocycles. The highest BCUT2D eigenvalue weighted by Gasteiger charge is 2.30. The van der Waals surface area contributed by atoms with Crippen LogP contribution in [-0.2, 0) is 33.7 Å². The quantitative estimate of drug-likeness (QED) is 0.314. The van der Waals surface area contributed by atoms with Crippen molar-refractivity contribution in [2.75, 3.05) is 10.8 Å². The van der Waals surface area contributed by atoms with Crippen LogP contribution in [0, 0.1) is 0 Å². The molecule has 0 radical (unpaired) electrons. The van der Waals surface area contributed by atoms with E-state index in [4.69, 9.17) is 27.9 Å². The standard InChI is InChI=1S/C26H26Cl2N4O6S/c1-26(2,3)38-23(33)15-32(39(36,37)20-12-17(27)11-18(28)13-20)19-6-7-21-16(10-19)8-9-31(21)22-14-29(4)25(35)30(5)24(22)34/h6-14H,15H2,1-5H3. The zero-order valence-electron chi connectivity index (χ0n) is 21.8. The van der Waals surface area contributed by atoms with E-state index in [0.717, 1.165) is 8.87 Å². The number of ether oxygens (including phenoxy) is 1. The van der Waals surface area contributed by atoms with Gasteiger partial charge in [-0.2, -0.15) is 0 Å². The summed E-state index contributed by atoms with van der Waals surface area (Å²) in [5.41, 5.74) is -0.812. The van der Waals surface area contributed by atoms with Crippen LogP contribution in [0.2, 0.25) is 10.0 Å². The van der Waals surface area contributed by atoms with E-state index in [2.05, 4.69) is 0 Å². The average Bonchev–Trinajstić information content (AvgIpc) is 3.24. The first-order valence-corrected chi connectivity index (χ1v) is 13.9. The normalized spacial score (nSPS) is 12.1. The van der Waals surface area contributed by atoms with Crippen molar-refractivity contribution >= 4 is 55.8 Å². The Labute approximate surface area is 234 Å². The summed E-state index contributed by atoms with van der Waals surface area (Å²) in [6, 6.07) is 10.3. The number of hydrogen-bond donors (Lipinski definition) is 0. The van der Waals surface area contributed by atoms with Gasteiger partial charge in [-0.05, 0) is 63.2 Å². The molecule has 10 nitrogen and oxygen atoms in total. The van der Waals surface area contributed by atoms with Crippen molar-refractivity contribution in [3.8, 4) is 5.69 Å². The molecule has 0 spiro atoms. The number of hydrogen-bond acceptors (Lipinski definition) is 6. The van der Waals surface area contributed by atoms with Gasteiger partial charge in [-0.1, -0.05) is 23.2 Å². The van der Waals surface area contributed by atoms with Gasteiger partial charge in [0, 0.05) is 41.9 Å². The Bertz CT molecular complexity index is 1810. The molecule has 0 amide bonds. The van der Waals surface area contributed by atoms with E-state index in [0.29, 0.717) is 10.9 Å². The molecule has 0 aliphatic rings. The molecule has 4 aromatic rings. The highest BCUT2D eigenvalue weighted by Crippen LogP contribution is 2.31. The predicted octanol–water partition coefficient (Wildman–Crippen LogP) is 3.87. The van der Waals surface area contributed by atoms with E-state index >= 15 is 0 Å². The van der Waals surface area contributed by atoms with E-state index in [-0.39, 0.29) is 26.3 Å². The SMILES string of the molecule is Cn1cc(-n2ccc3cc(N(CC(=O)OC(C)(C)C)S(=O)(=O)c4cc(Cl)cc(Cl)c4)ccc32)c(=O)n(C)c1=O. The number of aryl methyl sites for hydroxylation is 1. The fourth-order valence-electron chi connectivity index (χ4n) is 4.06. The van der Waals surface area contributed by atoms with Gasteiger partial charge in [-0.15, -0.1) is 0 Å². The van der Waals surface area contributed by atoms with Crippen molar-refractivity contribution in [1.29, 1.82) is 0 Å². The summed E-state index contributed by atoms with van der Waals surface area (Å²) in [4.78, 5) is 37.5. The third-order valence-electron chi connectivity index (χ3n) is 5.77. The molecule has 2 aromatic carbocycles. The number of esters is 1. The fourth-order valence-corrected chi connectivity index (χ4v) is 6.19. The minimum Gasteiger partial charge on any atom is -0.459 e. The van der Waals surface area contributed by atoms with Gasteiger partial charge < -0.3 is 13.9 Å². The summed E-state index contributed by atoms with van der Waals surface area (Å²) in [5.74, 6) is -0.759. The lowest BCUT2D eigenvalue weighted by atomic mass is 10.2. The number of aromatic nitrogens is 3. The number of carbonyl (C=O) groups excluding carboxylic acids is 1. The number of sulfonamides is 1. The lowest BCUT2D eigenvalue weighted by molar-refractivity contribution is -0.152. The second-order valence-corrected chi connectivity index (χ2v) is 12.6. The second kappa shape index (κ2) is 10.2. The van der Waals surface area contributed by atoms with Crippen LogP contribution in [0.1, 0.15) is 20.8 Å². The molecule has 0 aliphatic heterocycles. The summed E-state index contributed by atoms with van der Waals surface area (Å²) in [5, 5.41) is 0.811. The number of anilines is 1. The minimum atomic E-state index is -4.32. The van der Waals surface area contributed by atoms with E-state index < -0.39 is 39.4 Å². The van der Waals surface area contributed by atoms with Crippen LogP contribution in [0.4, 0.5) is 5.69 Å². The van der Waals surface area contributed by atoms with Gasteiger partial charge in [0.2, 0.25) is 0 Å².